The summed E-state index contributed by atoms with van der Waals surface area (Å²) in [7, 11) is 0. The third-order valence-electron chi connectivity index (χ3n) is 4.59. The lowest BCUT2D eigenvalue weighted by molar-refractivity contribution is -0.120. The second kappa shape index (κ2) is 9.78. The van der Waals surface area contributed by atoms with E-state index in [2.05, 4.69) is 36.9 Å². The first-order valence-electron chi connectivity index (χ1n) is 8.66. The van der Waals surface area contributed by atoms with Crippen LogP contribution in [0.5, 0.6) is 0 Å². The Morgan fingerprint density at radius 2 is 1.76 bits per heavy atom. The molecule has 1 fully saturated rings. The highest BCUT2D eigenvalue weighted by molar-refractivity contribution is 5.14. The molecule has 1 aliphatic rings. The SMILES string of the molecule is C=CCCCCCCC[C@H]1CO[C@@H]1CCc1ccccc1. The minimum absolute atomic E-state index is 0.519. The third kappa shape index (κ3) is 6.05. The third-order valence-corrected chi connectivity index (χ3v) is 4.59. The Hall–Kier alpha value is -1.08. The summed E-state index contributed by atoms with van der Waals surface area (Å²) < 4.78 is 5.76. The van der Waals surface area contributed by atoms with E-state index >= 15 is 0 Å². The van der Waals surface area contributed by atoms with Gasteiger partial charge in [0.2, 0.25) is 0 Å². The van der Waals surface area contributed by atoms with Crippen LogP contribution in [-0.4, -0.2) is 12.7 Å². The van der Waals surface area contributed by atoms with Crippen LogP contribution in [0.1, 0.15) is 56.9 Å². The van der Waals surface area contributed by atoms with Gasteiger partial charge in [0.05, 0.1) is 12.7 Å². The fourth-order valence-electron chi connectivity index (χ4n) is 3.14. The Balaban J connectivity index is 1.51. The van der Waals surface area contributed by atoms with E-state index < -0.39 is 0 Å². The van der Waals surface area contributed by atoms with Crippen LogP contribution in [0.2, 0.25) is 0 Å². The number of allylic oxidation sites excluding steroid dienone is 1. The number of unbranched alkanes of at least 4 members (excludes halogenated alkanes) is 5. The Labute approximate surface area is 130 Å². The predicted octanol–water partition coefficient (Wildman–Crippen LogP) is 5.55. The molecular weight excluding hydrogens is 256 g/mol. The maximum atomic E-state index is 5.76. The molecule has 2 rings (SSSR count). The average molecular weight is 286 g/mol. The van der Waals surface area contributed by atoms with E-state index in [1.165, 1.54) is 56.9 Å². The number of benzene rings is 1. The van der Waals surface area contributed by atoms with Crippen molar-refractivity contribution in [3.8, 4) is 0 Å². The first kappa shape index (κ1) is 16.3. The van der Waals surface area contributed by atoms with Crippen molar-refractivity contribution >= 4 is 0 Å². The fraction of sp³-hybridized carbons (Fsp3) is 0.600. The topological polar surface area (TPSA) is 9.23 Å². The number of rotatable bonds is 11. The minimum atomic E-state index is 0.519. The molecule has 1 aromatic carbocycles. The van der Waals surface area contributed by atoms with Crippen LogP contribution < -0.4 is 0 Å². The zero-order valence-electron chi connectivity index (χ0n) is 13.3. The molecule has 1 heteroatoms. The molecule has 1 saturated heterocycles. The lowest BCUT2D eigenvalue weighted by Crippen LogP contribution is -2.39. The molecule has 1 nitrogen and oxygen atoms in total. The molecule has 0 amide bonds. The van der Waals surface area contributed by atoms with Gasteiger partial charge in [-0.1, -0.05) is 62.1 Å². The Morgan fingerprint density at radius 1 is 1.00 bits per heavy atom. The quantitative estimate of drug-likeness (QED) is 0.383. The van der Waals surface area contributed by atoms with Crippen LogP contribution in [0.25, 0.3) is 0 Å². The van der Waals surface area contributed by atoms with Crippen LogP contribution in [-0.2, 0) is 11.2 Å². The van der Waals surface area contributed by atoms with Crippen molar-refractivity contribution in [2.45, 2.75) is 63.9 Å². The van der Waals surface area contributed by atoms with Gasteiger partial charge < -0.3 is 4.74 Å². The van der Waals surface area contributed by atoms with Crippen molar-refractivity contribution in [2.24, 2.45) is 5.92 Å². The molecule has 21 heavy (non-hydrogen) atoms. The minimum Gasteiger partial charge on any atom is -0.377 e. The molecular formula is C20H30O. The summed E-state index contributed by atoms with van der Waals surface area (Å²) in [5, 5.41) is 0. The summed E-state index contributed by atoms with van der Waals surface area (Å²) >= 11 is 0. The van der Waals surface area contributed by atoms with Gasteiger partial charge in [-0.3, -0.25) is 0 Å². The van der Waals surface area contributed by atoms with Crippen molar-refractivity contribution in [3.05, 3.63) is 48.6 Å². The van der Waals surface area contributed by atoms with Crippen molar-refractivity contribution in [3.63, 3.8) is 0 Å². The largest absolute Gasteiger partial charge is 0.377 e. The molecule has 2 atom stereocenters. The van der Waals surface area contributed by atoms with Crippen LogP contribution in [0.3, 0.4) is 0 Å². The molecule has 0 aromatic heterocycles. The normalized spacial score (nSPS) is 21.0. The Kier molecular flexibility index (Phi) is 7.59. The molecule has 0 saturated carbocycles. The second-order valence-electron chi connectivity index (χ2n) is 6.29. The number of hydrogen-bond donors (Lipinski definition) is 0. The molecule has 0 spiro atoms. The summed E-state index contributed by atoms with van der Waals surface area (Å²) in [6.45, 7) is 4.77. The first-order chi connectivity index (χ1) is 10.4. The van der Waals surface area contributed by atoms with E-state index in [0.29, 0.717) is 6.10 Å². The summed E-state index contributed by atoms with van der Waals surface area (Å²) in [5.74, 6) is 0.821. The fourth-order valence-corrected chi connectivity index (χ4v) is 3.14. The lowest BCUT2D eigenvalue weighted by Gasteiger charge is -2.37. The second-order valence-corrected chi connectivity index (χ2v) is 6.29. The average Bonchev–Trinajstić information content (AvgIpc) is 2.50. The van der Waals surface area contributed by atoms with Gasteiger partial charge in [0, 0.05) is 5.92 Å². The summed E-state index contributed by atoms with van der Waals surface area (Å²) in [6.07, 6.45) is 14.3. The molecule has 0 radical (unpaired) electrons. The summed E-state index contributed by atoms with van der Waals surface area (Å²) in [4.78, 5) is 0. The van der Waals surface area contributed by atoms with Gasteiger partial charge in [0.15, 0.2) is 0 Å². The number of aryl methyl sites for hydroxylation is 1. The molecule has 0 bridgehead atoms. The molecule has 1 aliphatic heterocycles. The molecule has 1 heterocycles. The summed E-state index contributed by atoms with van der Waals surface area (Å²) in [5.41, 5.74) is 1.44. The van der Waals surface area contributed by atoms with Crippen LogP contribution >= 0.6 is 0 Å². The molecule has 0 N–H and O–H groups in total. The van der Waals surface area contributed by atoms with Gasteiger partial charge in [-0.15, -0.1) is 6.58 Å². The van der Waals surface area contributed by atoms with Crippen LogP contribution in [0, 0.1) is 5.92 Å². The highest BCUT2D eigenvalue weighted by Gasteiger charge is 2.30. The molecule has 0 unspecified atom stereocenters. The first-order valence-corrected chi connectivity index (χ1v) is 8.66. The van der Waals surface area contributed by atoms with E-state index in [1.54, 1.807) is 0 Å². The van der Waals surface area contributed by atoms with Crippen molar-refractivity contribution in [2.75, 3.05) is 6.61 Å². The Morgan fingerprint density at radius 3 is 2.48 bits per heavy atom. The predicted molar refractivity (Wildman–Crippen MR) is 90.5 cm³/mol. The van der Waals surface area contributed by atoms with E-state index in [9.17, 15) is 0 Å². The number of ether oxygens (including phenoxy) is 1. The van der Waals surface area contributed by atoms with Gasteiger partial charge in [-0.25, -0.2) is 0 Å². The molecule has 116 valence electrons. The van der Waals surface area contributed by atoms with E-state index in [0.717, 1.165) is 18.9 Å². The van der Waals surface area contributed by atoms with Gasteiger partial charge >= 0.3 is 0 Å². The molecule has 0 aliphatic carbocycles. The van der Waals surface area contributed by atoms with Crippen molar-refractivity contribution in [1.29, 1.82) is 0 Å². The lowest BCUT2D eigenvalue weighted by atomic mass is 9.88. The van der Waals surface area contributed by atoms with Crippen LogP contribution in [0.15, 0.2) is 43.0 Å². The zero-order chi connectivity index (χ0) is 14.8. The van der Waals surface area contributed by atoms with E-state index in [-0.39, 0.29) is 0 Å². The van der Waals surface area contributed by atoms with E-state index in [4.69, 9.17) is 4.74 Å². The highest BCUT2D eigenvalue weighted by Crippen LogP contribution is 2.29. The zero-order valence-corrected chi connectivity index (χ0v) is 13.3. The van der Waals surface area contributed by atoms with Crippen molar-refractivity contribution in [1.82, 2.24) is 0 Å². The van der Waals surface area contributed by atoms with Crippen LogP contribution in [0.4, 0.5) is 0 Å². The maximum absolute atomic E-state index is 5.76. The molecule has 1 aromatic rings. The smallest absolute Gasteiger partial charge is 0.0628 e. The highest BCUT2D eigenvalue weighted by atomic mass is 16.5. The van der Waals surface area contributed by atoms with Gasteiger partial charge in [0.25, 0.3) is 0 Å². The van der Waals surface area contributed by atoms with E-state index in [1.807, 2.05) is 6.08 Å². The standard InChI is InChI=1S/C20H30O/c1-2-3-4-5-6-7-11-14-19-17-21-20(19)16-15-18-12-9-8-10-13-18/h2,8-10,12-13,19-20H,1,3-7,11,14-17H2/t19-,20+/m0/s1. The van der Waals surface area contributed by atoms with Gasteiger partial charge in [-0.05, 0) is 37.7 Å². The Bertz CT molecular complexity index is 384. The number of hydrogen-bond acceptors (Lipinski definition) is 1. The maximum Gasteiger partial charge on any atom is 0.0628 e. The van der Waals surface area contributed by atoms with Gasteiger partial charge in [-0.2, -0.15) is 0 Å². The summed E-state index contributed by atoms with van der Waals surface area (Å²) in [6, 6.07) is 10.8. The van der Waals surface area contributed by atoms with Crippen molar-refractivity contribution < 1.29 is 4.74 Å². The van der Waals surface area contributed by atoms with Gasteiger partial charge in [0.1, 0.15) is 0 Å². The monoisotopic (exact) mass is 286 g/mol.